The van der Waals surface area contributed by atoms with Crippen LogP contribution in [0.25, 0.3) is 0 Å². The summed E-state index contributed by atoms with van der Waals surface area (Å²) in [6.07, 6.45) is 13.2. The van der Waals surface area contributed by atoms with E-state index in [1.54, 1.807) is 0 Å². The first-order chi connectivity index (χ1) is 17.0. The van der Waals surface area contributed by atoms with E-state index >= 15 is 0 Å². The van der Waals surface area contributed by atoms with Gasteiger partial charge in [-0.25, -0.2) is 4.99 Å². The van der Waals surface area contributed by atoms with Gasteiger partial charge in [0.15, 0.2) is 5.96 Å². The number of nitrogens with two attached hydrogens (primary N) is 2. The maximum Gasteiger partial charge on any atom is 0.254 e. The summed E-state index contributed by atoms with van der Waals surface area (Å²) < 4.78 is 6.85. The van der Waals surface area contributed by atoms with Crippen LogP contribution < -0.4 is 11.5 Å². The third-order valence-electron chi connectivity index (χ3n) is 7.63. The molecular weight excluding hydrogens is 436 g/mol. The molecule has 4 atom stereocenters. The number of fused-ring (bicyclic) bond motifs is 3. The van der Waals surface area contributed by atoms with Gasteiger partial charge >= 0.3 is 0 Å². The van der Waals surface area contributed by atoms with Crippen molar-refractivity contribution in [3.05, 3.63) is 95.6 Å². The Morgan fingerprint density at radius 3 is 2.43 bits per heavy atom. The van der Waals surface area contributed by atoms with Crippen LogP contribution in [0, 0.1) is 11.8 Å². The van der Waals surface area contributed by atoms with Gasteiger partial charge in [0.1, 0.15) is 0 Å². The summed E-state index contributed by atoms with van der Waals surface area (Å²) in [5.41, 5.74) is 13.4. The highest BCUT2D eigenvalue weighted by Crippen LogP contribution is 2.51. The van der Waals surface area contributed by atoms with Gasteiger partial charge in [-0.3, -0.25) is 4.79 Å². The Balaban J connectivity index is 1.41. The molecule has 0 radical (unpaired) electrons. The topological polar surface area (TPSA) is 93.9 Å². The second-order valence-electron chi connectivity index (χ2n) is 9.93. The van der Waals surface area contributed by atoms with Crippen LogP contribution in [0.3, 0.4) is 0 Å². The van der Waals surface area contributed by atoms with Crippen LogP contribution in [0.5, 0.6) is 0 Å². The van der Waals surface area contributed by atoms with E-state index in [1.807, 2.05) is 47.4 Å². The summed E-state index contributed by atoms with van der Waals surface area (Å²) in [4.78, 5) is 19.8. The molecule has 0 bridgehead atoms. The first-order valence-corrected chi connectivity index (χ1v) is 12.5. The molecule has 2 aromatic rings. The van der Waals surface area contributed by atoms with Crippen molar-refractivity contribution in [1.29, 1.82) is 0 Å². The number of nitrogens with zero attached hydrogens (tertiary/aromatic N) is 2. The number of hydrogen-bond donors (Lipinski definition) is 2. The lowest BCUT2D eigenvalue weighted by atomic mass is 9.70. The third-order valence-corrected chi connectivity index (χ3v) is 7.63. The molecule has 6 heteroatoms. The molecule has 1 amide bonds. The third kappa shape index (κ3) is 5.03. The number of hydrogen-bond acceptors (Lipinski definition) is 3. The van der Waals surface area contributed by atoms with Crippen LogP contribution in [-0.4, -0.2) is 35.0 Å². The maximum absolute atomic E-state index is 13.8. The molecule has 2 aromatic carbocycles. The lowest BCUT2D eigenvalue weighted by Gasteiger charge is -2.41. The van der Waals surface area contributed by atoms with Gasteiger partial charge in [-0.1, -0.05) is 66.8 Å². The second-order valence-corrected chi connectivity index (χ2v) is 9.93. The zero-order chi connectivity index (χ0) is 24.3. The van der Waals surface area contributed by atoms with Gasteiger partial charge in [0.25, 0.3) is 5.91 Å². The minimum atomic E-state index is -0.339. The molecule has 1 aliphatic heterocycles. The number of carbonyl (C=O) groups excluding carboxylic acids is 1. The fourth-order valence-electron chi connectivity index (χ4n) is 5.92. The number of benzene rings is 2. The lowest BCUT2D eigenvalue weighted by molar-refractivity contribution is -0.0741. The zero-order valence-electron chi connectivity index (χ0n) is 20.1. The van der Waals surface area contributed by atoms with Crippen molar-refractivity contribution in [3.63, 3.8) is 0 Å². The second kappa shape index (κ2) is 10.1. The summed E-state index contributed by atoms with van der Waals surface area (Å²) in [6, 6.07) is 17.7. The minimum Gasteiger partial charge on any atom is -0.370 e. The fourth-order valence-corrected chi connectivity index (χ4v) is 5.92. The zero-order valence-corrected chi connectivity index (χ0v) is 20.1. The van der Waals surface area contributed by atoms with E-state index in [0.29, 0.717) is 37.0 Å². The minimum absolute atomic E-state index is 0.0365. The van der Waals surface area contributed by atoms with Crippen LogP contribution in [-0.2, 0) is 17.8 Å². The molecule has 1 saturated heterocycles. The van der Waals surface area contributed by atoms with Gasteiger partial charge in [0, 0.05) is 12.1 Å². The molecule has 4 N–H and O–H groups in total. The van der Waals surface area contributed by atoms with Crippen molar-refractivity contribution in [2.45, 2.75) is 50.5 Å². The number of rotatable bonds is 7. The van der Waals surface area contributed by atoms with Crippen molar-refractivity contribution < 1.29 is 9.53 Å². The Hall–Kier alpha value is -3.38. The van der Waals surface area contributed by atoms with Gasteiger partial charge in [0.2, 0.25) is 0 Å². The van der Waals surface area contributed by atoms with Gasteiger partial charge in [-0.05, 0) is 60.8 Å². The first kappa shape index (κ1) is 23.4. The summed E-state index contributed by atoms with van der Waals surface area (Å²) in [5, 5.41) is 0. The smallest absolute Gasteiger partial charge is 0.254 e. The van der Waals surface area contributed by atoms with E-state index in [2.05, 4.69) is 41.4 Å². The van der Waals surface area contributed by atoms with E-state index in [0.717, 1.165) is 36.8 Å². The fraction of sp³-hybridized carbons (Fsp3) is 0.379. The van der Waals surface area contributed by atoms with E-state index < -0.39 is 0 Å². The number of amides is 1. The molecule has 1 heterocycles. The number of carbonyl (C=O) groups is 1. The maximum atomic E-state index is 13.8. The van der Waals surface area contributed by atoms with Gasteiger partial charge in [-0.15, -0.1) is 0 Å². The highest BCUT2D eigenvalue weighted by Gasteiger charge is 2.55. The Labute approximate surface area is 207 Å². The first-order valence-electron chi connectivity index (χ1n) is 12.5. The van der Waals surface area contributed by atoms with Crippen molar-refractivity contribution >= 4 is 11.9 Å². The molecule has 2 aliphatic carbocycles. The van der Waals surface area contributed by atoms with Crippen molar-refractivity contribution in [3.8, 4) is 0 Å². The largest absolute Gasteiger partial charge is 0.370 e. The van der Waals surface area contributed by atoms with Crippen LogP contribution in [0.1, 0.15) is 47.2 Å². The van der Waals surface area contributed by atoms with Crippen molar-refractivity contribution in [1.82, 2.24) is 4.90 Å². The summed E-state index contributed by atoms with van der Waals surface area (Å²) in [5.74, 6) is 1.06. The van der Waals surface area contributed by atoms with Crippen molar-refractivity contribution in [2.75, 3.05) is 6.54 Å². The van der Waals surface area contributed by atoms with Gasteiger partial charge in [0.05, 0.1) is 24.8 Å². The normalized spacial score (nSPS) is 26.6. The van der Waals surface area contributed by atoms with Gasteiger partial charge in [-0.2, -0.15) is 0 Å². The van der Waals surface area contributed by atoms with Crippen LogP contribution in [0.4, 0.5) is 0 Å². The Bertz CT molecular complexity index is 1120. The molecule has 5 rings (SSSR count). The SMILES string of the molecule is NC(N)=NCc1ccc(CN(CC23CC=CCC2C2CC=CCC2O3)C(=O)c2ccccc2)cc1. The highest BCUT2D eigenvalue weighted by molar-refractivity contribution is 5.94. The number of guanidine groups is 1. The molecule has 182 valence electrons. The molecule has 3 aliphatic rings. The monoisotopic (exact) mass is 470 g/mol. The van der Waals surface area contributed by atoms with Gasteiger partial charge < -0.3 is 21.1 Å². The standard InChI is InChI=1S/C29H34N4O2/c30-28(31)32-18-21-13-15-22(16-14-21)19-33(27(34)23-8-2-1-3-9-23)20-29-17-7-6-11-25(29)24-10-4-5-12-26(24)35-29/h1-9,13-16,24-26H,10-12,17-20H2,(H4,30,31,32). The predicted octanol–water partition coefficient (Wildman–Crippen LogP) is 4.17. The molecule has 1 fully saturated rings. The average Bonchev–Trinajstić information content (AvgIpc) is 3.22. The van der Waals surface area contributed by atoms with Crippen LogP contribution in [0.15, 0.2) is 83.9 Å². The highest BCUT2D eigenvalue weighted by atomic mass is 16.5. The quantitative estimate of drug-likeness (QED) is 0.361. The Morgan fingerprint density at radius 1 is 0.943 bits per heavy atom. The molecule has 0 spiro atoms. The van der Waals surface area contributed by atoms with E-state index in [4.69, 9.17) is 16.2 Å². The lowest BCUT2D eigenvalue weighted by Crippen LogP contribution is -2.50. The van der Waals surface area contributed by atoms with E-state index in [1.165, 1.54) is 0 Å². The Kier molecular flexibility index (Phi) is 6.73. The number of allylic oxidation sites excluding steroid dienone is 2. The molecule has 35 heavy (non-hydrogen) atoms. The summed E-state index contributed by atoms with van der Waals surface area (Å²) in [7, 11) is 0. The predicted molar refractivity (Wildman–Crippen MR) is 138 cm³/mol. The summed E-state index contributed by atoms with van der Waals surface area (Å²) in [6.45, 7) is 1.54. The number of ether oxygens (including phenoxy) is 1. The van der Waals surface area contributed by atoms with Crippen LogP contribution in [0.2, 0.25) is 0 Å². The van der Waals surface area contributed by atoms with Crippen molar-refractivity contribution in [2.24, 2.45) is 28.3 Å². The van der Waals surface area contributed by atoms with E-state index in [-0.39, 0.29) is 23.6 Å². The molecule has 4 unspecified atom stereocenters. The molecule has 0 aromatic heterocycles. The Morgan fingerprint density at radius 2 is 1.66 bits per heavy atom. The van der Waals surface area contributed by atoms with Crippen LogP contribution >= 0.6 is 0 Å². The molecular formula is C29H34N4O2. The average molecular weight is 471 g/mol. The summed E-state index contributed by atoms with van der Waals surface area (Å²) >= 11 is 0. The molecule has 0 saturated carbocycles. The molecule has 6 nitrogen and oxygen atoms in total. The van der Waals surface area contributed by atoms with E-state index in [9.17, 15) is 4.79 Å². The number of aliphatic imine (C=N–C) groups is 1.